The molecule has 0 unspecified atom stereocenters. The Morgan fingerprint density at radius 2 is 2.20 bits per heavy atom. The third-order valence-corrected chi connectivity index (χ3v) is 3.82. The molecule has 1 N–H and O–H groups in total. The molecule has 1 aliphatic rings. The van der Waals surface area contributed by atoms with Gasteiger partial charge in [0.15, 0.2) is 0 Å². The van der Waals surface area contributed by atoms with Crippen LogP contribution in [0.25, 0.3) is 0 Å². The van der Waals surface area contributed by atoms with E-state index in [-0.39, 0.29) is 11.3 Å². The van der Waals surface area contributed by atoms with Crippen LogP contribution in [0.1, 0.15) is 24.8 Å². The van der Waals surface area contributed by atoms with Gasteiger partial charge < -0.3 is 10.2 Å². The lowest BCUT2D eigenvalue weighted by atomic mass is 10.1. The molecule has 6 heteroatoms. The van der Waals surface area contributed by atoms with E-state index in [0.29, 0.717) is 12.1 Å². The van der Waals surface area contributed by atoms with Crippen molar-refractivity contribution in [1.29, 1.82) is 5.26 Å². The molecule has 1 saturated carbocycles. The van der Waals surface area contributed by atoms with E-state index < -0.39 is 4.92 Å². The molecule has 0 saturated heterocycles. The summed E-state index contributed by atoms with van der Waals surface area (Å²) >= 11 is 0. The summed E-state index contributed by atoms with van der Waals surface area (Å²) in [4.78, 5) is 12.5. The zero-order valence-electron chi connectivity index (χ0n) is 11.7. The van der Waals surface area contributed by atoms with Crippen molar-refractivity contribution in [1.82, 2.24) is 4.90 Å². The van der Waals surface area contributed by atoms with Gasteiger partial charge in [0.2, 0.25) is 0 Å². The summed E-state index contributed by atoms with van der Waals surface area (Å²) in [6, 6.07) is 7.42. The first kappa shape index (κ1) is 14.3. The molecule has 0 bridgehead atoms. The number of nitrogens with one attached hydrogen (secondary N) is 1. The molecule has 2 rings (SSSR count). The Bertz CT molecular complexity index is 551. The molecule has 0 radical (unpaired) electrons. The lowest BCUT2D eigenvalue weighted by molar-refractivity contribution is -0.385. The summed E-state index contributed by atoms with van der Waals surface area (Å²) in [5, 5.41) is 23.1. The van der Waals surface area contributed by atoms with Gasteiger partial charge in [0, 0.05) is 23.8 Å². The minimum atomic E-state index is -0.528. The third-order valence-electron chi connectivity index (χ3n) is 3.82. The van der Waals surface area contributed by atoms with Gasteiger partial charge in [0.25, 0.3) is 5.69 Å². The molecule has 0 aromatic heterocycles. The van der Waals surface area contributed by atoms with Gasteiger partial charge >= 0.3 is 0 Å². The van der Waals surface area contributed by atoms with Crippen molar-refractivity contribution in [2.45, 2.75) is 31.3 Å². The Morgan fingerprint density at radius 1 is 1.45 bits per heavy atom. The molecular weight excluding hydrogens is 256 g/mol. The first-order valence-electron chi connectivity index (χ1n) is 6.62. The monoisotopic (exact) mass is 274 g/mol. The molecule has 1 aromatic carbocycles. The van der Waals surface area contributed by atoms with E-state index in [0.717, 1.165) is 24.9 Å². The molecule has 0 heterocycles. The standard InChI is InChI=1S/C14H18N4O2/c1-17(2)13-5-3-12(8-13)16-11-4-6-14(18(19)20)10(7-11)9-15/h4,6-7,12-13,16H,3,5,8H2,1-2H3/t12-,13+/m0/s1. The minimum absolute atomic E-state index is 0.0992. The Balaban J connectivity index is 2.08. The first-order chi connectivity index (χ1) is 9.51. The predicted molar refractivity (Wildman–Crippen MR) is 76.5 cm³/mol. The van der Waals surface area contributed by atoms with E-state index in [2.05, 4.69) is 24.3 Å². The first-order valence-corrected chi connectivity index (χ1v) is 6.62. The molecule has 1 fully saturated rings. The van der Waals surface area contributed by atoms with E-state index >= 15 is 0 Å². The summed E-state index contributed by atoms with van der Waals surface area (Å²) < 4.78 is 0. The normalized spacial score (nSPS) is 21.7. The largest absolute Gasteiger partial charge is 0.382 e. The highest BCUT2D eigenvalue weighted by Gasteiger charge is 2.26. The van der Waals surface area contributed by atoms with E-state index in [4.69, 9.17) is 5.26 Å². The Hall–Kier alpha value is -2.13. The van der Waals surface area contributed by atoms with Crippen molar-refractivity contribution < 1.29 is 4.92 Å². The second-order valence-electron chi connectivity index (χ2n) is 5.37. The average Bonchev–Trinajstić information content (AvgIpc) is 2.87. The molecule has 0 amide bonds. The molecule has 6 nitrogen and oxygen atoms in total. The van der Waals surface area contributed by atoms with Crippen LogP contribution in [0, 0.1) is 21.4 Å². The van der Waals surface area contributed by atoms with Crippen LogP contribution < -0.4 is 5.32 Å². The van der Waals surface area contributed by atoms with Gasteiger partial charge in [-0.25, -0.2) is 0 Å². The average molecular weight is 274 g/mol. The van der Waals surface area contributed by atoms with Gasteiger partial charge in [-0.1, -0.05) is 0 Å². The van der Waals surface area contributed by atoms with Gasteiger partial charge in [-0.05, 0) is 45.5 Å². The summed E-state index contributed by atoms with van der Waals surface area (Å²) in [5.74, 6) is 0. The quantitative estimate of drug-likeness (QED) is 0.673. The minimum Gasteiger partial charge on any atom is -0.382 e. The number of rotatable bonds is 4. The van der Waals surface area contributed by atoms with Gasteiger partial charge in [-0.3, -0.25) is 10.1 Å². The topological polar surface area (TPSA) is 82.2 Å². The van der Waals surface area contributed by atoms with Crippen LogP contribution in [0.4, 0.5) is 11.4 Å². The smallest absolute Gasteiger partial charge is 0.287 e. The summed E-state index contributed by atoms with van der Waals surface area (Å²) in [5.41, 5.74) is 0.731. The molecule has 20 heavy (non-hydrogen) atoms. The fraction of sp³-hybridized carbons (Fsp3) is 0.500. The highest BCUT2D eigenvalue weighted by Crippen LogP contribution is 2.27. The number of hydrogen-bond donors (Lipinski definition) is 1. The predicted octanol–water partition coefficient (Wildman–Crippen LogP) is 2.36. The Labute approximate surface area is 118 Å². The Morgan fingerprint density at radius 3 is 2.75 bits per heavy atom. The van der Waals surface area contributed by atoms with Crippen LogP contribution >= 0.6 is 0 Å². The number of nitriles is 1. The second kappa shape index (κ2) is 5.88. The molecule has 0 spiro atoms. The van der Waals surface area contributed by atoms with Gasteiger partial charge in [-0.2, -0.15) is 5.26 Å². The number of benzene rings is 1. The van der Waals surface area contributed by atoms with Crippen molar-refractivity contribution in [2.24, 2.45) is 0 Å². The fourth-order valence-corrected chi connectivity index (χ4v) is 2.67. The molecule has 1 aromatic rings. The van der Waals surface area contributed by atoms with Crippen LogP contribution in [0.3, 0.4) is 0 Å². The summed E-state index contributed by atoms with van der Waals surface area (Å²) in [6.45, 7) is 0. The van der Waals surface area contributed by atoms with Crippen LogP contribution in [0.15, 0.2) is 18.2 Å². The maximum absolute atomic E-state index is 10.8. The van der Waals surface area contributed by atoms with E-state index in [9.17, 15) is 10.1 Å². The lowest BCUT2D eigenvalue weighted by Crippen LogP contribution is -2.26. The SMILES string of the molecule is CN(C)[C@@H]1CC[C@H](Nc2ccc([N+](=O)[O-])c(C#N)c2)C1. The third kappa shape index (κ3) is 3.06. The number of nitro benzene ring substituents is 1. The van der Waals surface area contributed by atoms with Gasteiger partial charge in [-0.15, -0.1) is 0 Å². The molecular formula is C14H18N4O2. The fourth-order valence-electron chi connectivity index (χ4n) is 2.67. The van der Waals surface area contributed by atoms with Crippen LogP contribution in [0.2, 0.25) is 0 Å². The van der Waals surface area contributed by atoms with Crippen LogP contribution in [-0.4, -0.2) is 36.0 Å². The number of nitrogens with zero attached hydrogens (tertiary/aromatic N) is 3. The van der Waals surface area contributed by atoms with Crippen molar-refractivity contribution in [3.63, 3.8) is 0 Å². The van der Waals surface area contributed by atoms with E-state index in [1.54, 1.807) is 12.1 Å². The van der Waals surface area contributed by atoms with Crippen molar-refractivity contribution in [3.05, 3.63) is 33.9 Å². The second-order valence-corrected chi connectivity index (χ2v) is 5.37. The van der Waals surface area contributed by atoms with Crippen LogP contribution in [-0.2, 0) is 0 Å². The maximum Gasteiger partial charge on any atom is 0.287 e. The molecule has 1 aliphatic carbocycles. The zero-order chi connectivity index (χ0) is 14.7. The van der Waals surface area contributed by atoms with Crippen molar-refractivity contribution in [3.8, 4) is 6.07 Å². The van der Waals surface area contributed by atoms with E-state index in [1.807, 2.05) is 6.07 Å². The number of nitro groups is 1. The van der Waals surface area contributed by atoms with Crippen LogP contribution in [0.5, 0.6) is 0 Å². The summed E-state index contributed by atoms with van der Waals surface area (Å²) in [7, 11) is 4.15. The number of anilines is 1. The van der Waals surface area contributed by atoms with Gasteiger partial charge in [0.1, 0.15) is 11.6 Å². The van der Waals surface area contributed by atoms with Crippen molar-refractivity contribution in [2.75, 3.05) is 19.4 Å². The Kier molecular flexibility index (Phi) is 4.20. The maximum atomic E-state index is 10.8. The molecule has 106 valence electrons. The van der Waals surface area contributed by atoms with E-state index in [1.165, 1.54) is 6.07 Å². The lowest BCUT2D eigenvalue weighted by Gasteiger charge is -2.19. The highest BCUT2D eigenvalue weighted by molar-refractivity contribution is 5.59. The zero-order valence-corrected chi connectivity index (χ0v) is 11.7. The highest BCUT2D eigenvalue weighted by atomic mass is 16.6. The molecule has 2 atom stereocenters. The van der Waals surface area contributed by atoms with Gasteiger partial charge in [0.05, 0.1) is 4.92 Å². The summed E-state index contributed by atoms with van der Waals surface area (Å²) in [6.07, 6.45) is 3.26. The van der Waals surface area contributed by atoms with Crippen molar-refractivity contribution >= 4 is 11.4 Å². The number of hydrogen-bond acceptors (Lipinski definition) is 5. The molecule has 0 aliphatic heterocycles.